The summed E-state index contributed by atoms with van der Waals surface area (Å²) in [6.45, 7) is 1.75. The van der Waals surface area contributed by atoms with E-state index in [1.807, 2.05) is 0 Å². The number of carbonyl (C=O) groups excluding carboxylic acids is 2. The lowest BCUT2D eigenvalue weighted by Gasteiger charge is -2.08. The van der Waals surface area contributed by atoms with Crippen molar-refractivity contribution in [3.05, 3.63) is 63.3 Å². The van der Waals surface area contributed by atoms with Gasteiger partial charge in [-0.1, -0.05) is 23.2 Å². The summed E-state index contributed by atoms with van der Waals surface area (Å²) in [5.74, 6) is -0.451. The highest BCUT2D eigenvalue weighted by atomic mass is 35.5. The second-order valence-electron chi connectivity index (χ2n) is 5.45. The summed E-state index contributed by atoms with van der Waals surface area (Å²) in [6.07, 6.45) is 0. The molecule has 1 aromatic heterocycles. The number of nitrogens with one attached hydrogen (secondary N) is 2. The van der Waals surface area contributed by atoms with Crippen LogP contribution in [0.5, 0.6) is 5.75 Å². The molecule has 0 atom stereocenters. The second kappa shape index (κ2) is 7.27. The van der Waals surface area contributed by atoms with E-state index in [-0.39, 0.29) is 16.3 Å². The zero-order chi connectivity index (χ0) is 18.8. The average molecular weight is 393 g/mol. The summed E-state index contributed by atoms with van der Waals surface area (Å²) in [5, 5.41) is 1.32. The highest BCUT2D eigenvalue weighted by molar-refractivity contribution is 6.35. The van der Waals surface area contributed by atoms with Crippen LogP contribution in [0.2, 0.25) is 10.0 Å². The maximum Gasteiger partial charge on any atom is 0.305 e. The smallest absolute Gasteiger partial charge is 0.305 e. The number of carbonyl (C=O) groups is 2. The van der Waals surface area contributed by atoms with Crippen LogP contribution in [0.4, 0.5) is 0 Å². The average Bonchev–Trinajstić information content (AvgIpc) is 2.97. The molecule has 2 amide bonds. The molecule has 0 aliphatic carbocycles. The van der Waals surface area contributed by atoms with Gasteiger partial charge in [-0.15, -0.1) is 0 Å². The minimum absolute atomic E-state index is 0.0887. The molecule has 0 spiro atoms. The predicted octanol–water partition coefficient (Wildman–Crippen LogP) is 4.13. The van der Waals surface area contributed by atoms with Crippen LogP contribution in [0.25, 0.3) is 11.0 Å². The number of aryl methyl sites for hydroxylation is 1. The Morgan fingerprint density at radius 2 is 1.77 bits per heavy atom. The number of fused-ring (bicyclic) bond motifs is 1. The Labute approximate surface area is 159 Å². The van der Waals surface area contributed by atoms with Gasteiger partial charge in [-0.2, -0.15) is 0 Å². The Morgan fingerprint density at radius 3 is 2.50 bits per heavy atom. The van der Waals surface area contributed by atoms with Crippen molar-refractivity contribution in [3.63, 3.8) is 0 Å². The van der Waals surface area contributed by atoms with Gasteiger partial charge in [0.1, 0.15) is 11.3 Å². The molecule has 0 unspecified atom stereocenters. The molecule has 3 rings (SSSR count). The van der Waals surface area contributed by atoms with Gasteiger partial charge in [0, 0.05) is 16.0 Å². The minimum Gasteiger partial charge on any atom is -0.497 e. The summed E-state index contributed by atoms with van der Waals surface area (Å²) >= 11 is 11.8. The third kappa shape index (κ3) is 3.47. The summed E-state index contributed by atoms with van der Waals surface area (Å²) in [6, 6.07) is 9.68. The topological polar surface area (TPSA) is 80.6 Å². The molecule has 0 aliphatic heterocycles. The van der Waals surface area contributed by atoms with E-state index in [1.165, 1.54) is 12.1 Å². The maximum absolute atomic E-state index is 12.4. The van der Waals surface area contributed by atoms with Gasteiger partial charge in [-0.25, -0.2) is 0 Å². The lowest BCUT2D eigenvalue weighted by molar-refractivity contribution is 0.0831. The molecule has 2 N–H and O–H groups in total. The van der Waals surface area contributed by atoms with E-state index in [2.05, 4.69) is 10.9 Å². The third-order valence-electron chi connectivity index (χ3n) is 3.81. The van der Waals surface area contributed by atoms with Crippen molar-refractivity contribution in [3.8, 4) is 5.75 Å². The Kier molecular flexibility index (Phi) is 5.06. The van der Waals surface area contributed by atoms with Gasteiger partial charge in [-0.3, -0.25) is 20.4 Å². The maximum atomic E-state index is 12.4. The Bertz CT molecular complexity index is 1010. The third-order valence-corrected chi connectivity index (χ3v) is 4.38. The molecule has 26 heavy (non-hydrogen) atoms. The number of amides is 2. The number of rotatable bonds is 3. The standard InChI is InChI=1S/C18H14Cl2N2O4/c1-9-12-8-11(25-2)4-6-15(12)26-16(9)18(24)22-21-17(23)13-7-10(19)3-5-14(13)20/h3-8H,1-2H3,(H,21,23)(H,22,24). The Hall–Kier alpha value is -2.70. The number of hydrogen-bond donors (Lipinski definition) is 2. The van der Waals surface area contributed by atoms with Gasteiger partial charge in [0.25, 0.3) is 5.91 Å². The fourth-order valence-electron chi connectivity index (χ4n) is 2.45. The van der Waals surface area contributed by atoms with Crippen LogP contribution in [0.15, 0.2) is 40.8 Å². The first-order valence-electron chi connectivity index (χ1n) is 7.53. The number of halogens is 2. The van der Waals surface area contributed by atoms with Crippen LogP contribution >= 0.6 is 23.2 Å². The molecule has 0 radical (unpaired) electrons. The monoisotopic (exact) mass is 392 g/mol. The van der Waals surface area contributed by atoms with Gasteiger partial charge in [0.15, 0.2) is 5.76 Å². The van der Waals surface area contributed by atoms with Gasteiger partial charge in [-0.05, 0) is 43.3 Å². The molecule has 0 bridgehead atoms. The number of hydrogen-bond acceptors (Lipinski definition) is 4. The molecule has 8 heteroatoms. The molecule has 0 fully saturated rings. The highest BCUT2D eigenvalue weighted by Gasteiger charge is 2.19. The largest absolute Gasteiger partial charge is 0.497 e. The predicted molar refractivity (Wildman–Crippen MR) is 98.9 cm³/mol. The number of furan rings is 1. The molecular weight excluding hydrogens is 379 g/mol. The highest BCUT2D eigenvalue weighted by Crippen LogP contribution is 2.28. The van der Waals surface area contributed by atoms with Crippen LogP contribution < -0.4 is 15.6 Å². The lowest BCUT2D eigenvalue weighted by atomic mass is 10.1. The van der Waals surface area contributed by atoms with Crippen molar-refractivity contribution in [2.75, 3.05) is 7.11 Å². The van der Waals surface area contributed by atoms with Crippen LogP contribution in [-0.4, -0.2) is 18.9 Å². The normalized spacial score (nSPS) is 10.6. The van der Waals surface area contributed by atoms with Crippen molar-refractivity contribution in [2.45, 2.75) is 6.92 Å². The zero-order valence-electron chi connectivity index (χ0n) is 13.9. The fraction of sp³-hybridized carbons (Fsp3) is 0.111. The summed E-state index contributed by atoms with van der Waals surface area (Å²) in [7, 11) is 1.56. The SMILES string of the molecule is COc1ccc2oc(C(=O)NNC(=O)c3cc(Cl)ccc3Cl)c(C)c2c1. The zero-order valence-corrected chi connectivity index (χ0v) is 15.4. The quantitative estimate of drug-likeness (QED) is 0.656. The van der Waals surface area contributed by atoms with Crippen molar-refractivity contribution in [1.82, 2.24) is 10.9 Å². The van der Waals surface area contributed by atoms with Crippen LogP contribution in [0.1, 0.15) is 26.5 Å². The minimum atomic E-state index is -0.596. The lowest BCUT2D eigenvalue weighted by Crippen LogP contribution is -2.41. The molecule has 0 saturated heterocycles. The summed E-state index contributed by atoms with van der Waals surface area (Å²) in [4.78, 5) is 24.5. The molecule has 0 aliphatic rings. The van der Waals surface area contributed by atoms with E-state index in [0.29, 0.717) is 21.9 Å². The molecule has 3 aromatic rings. The van der Waals surface area contributed by atoms with E-state index in [1.54, 1.807) is 38.3 Å². The van der Waals surface area contributed by atoms with E-state index >= 15 is 0 Å². The van der Waals surface area contributed by atoms with Gasteiger partial charge < -0.3 is 9.15 Å². The first-order chi connectivity index (χ1) is 12.4. The van der Waals surface area contributed by atoms with Crippen LogP contribution in [-0.2, 0) is 0 Å². The van der Waals surface area contributed by atoms with E-state index in [9.17, 15) is 9.59 Å². The first kappa shape index (κ1) is 18.1. The van der Waals surface area contributed by atoms with Gasteiger partial charge in [0.05, 0.1) is 17.7 Å². The van der Waals surface area contributed by atoms with Crippen molar-refractivity contribution < 1.29 is 18.7 Å². The Balaban J connectivity index is 1.78. The summed E-state index contributed by atoms with van der Waals surface area (Å²) in [5.41, 5.74) is 5.92. The van der Waals surface area contributed by atoms with E-state index in [0.717, 1.165) is 5.39 Å². The van der Waals surface area contributed by atoms with Crippen LogP contribution in [0, 0.1) is 6.92 Å². The van der Waals surface area contributed by atoms with Crippen molar-refractivity contribution in [2.24, 2.45) is 0 Å². The number of ether oxygens (including phenoxy) is 1. The molecular formula is C18H14Cl2N2O4. The van der Waals surface area contributed by atoms with Crippen molar-refractivity contribution in [1.29, 1.82) is 0 Å². The Morgan fingerprint density at radius 1 is 1.04 bits per heavy atom. The molecule has 2 aromatic carbocycles. The molecule has 1 heterocycles. The number of benzene rings is 2. The van der Waals surface area contributed by atoms with E-state index in [4.69, 9.17) is 32.4 Å². The molecule has 134 valence electrons. The second-order valence-corrected chi connectivity index (χ2v) is 6.29. The van der Waals surface area contributed by atoms with Crippen LogP contribution in [0.3, 0.4) is 0 Å². The van der Waals surface area contributed by atoms with E-state index < -0.39 is 11.8 Å². The number of methoxy groups -OCH3 is 1. The number of hydrazine groups is 1. The summed E-state index contributed by atoms with van der Waals surface area (Å²) < 4.78 is 10.7. The van der Waals surface area contributed by atoms with Gasteiger partial charge >= 0.3 is 5.91 Å². The fourth-order valence-corrected chi connectivity index (χ4v) is 2.83. The van der Waals surface area contributed by atoms with Crippen molar-refractivity contribution >= 4 is 46.0 Å². The molecule has 0 saturated carbocycles. The molecule has 6 nitrogen and oxygen atoms in total. The first-order valence-corrected chi connectivity index (χ1v) is 8.29. The van der Waals surface area contributed by atoms with Gasteiger partial charge in [0.2, 0.25) is 0 Å².